The Bertz CT molecular complexity index is 1260. The van der Waals surface area contributed by atoms with Crippen LogP contribution in [0.2, 0.25) is 0 Å². The molecule has 0 aromatic heterocycles. The fourth-order valence-electron chi connectivity index (χ4n) is 5.20. The second kappa shape index (κ2) is 14.2. The summed E-state index contributed by atoms with van der Waals surface area (Å²) in [5.74, 6) is 1.02. The molecule has 11 heteroatoms. The minimum absolute atomic E-state index is 0.317. The number of nitrogens with zero attached hydrogens (tertiary/aromatic N) is 5. The zero-order valence-corrected chi connectivity index (χ0v) is 25.5. The van der Waals surface area contributed by atoms with E-state index in [-0.39, 0.29) is 0 Å². The van der Waals surface area contributed by atoms with E-state index in [1.54, 1.807) is 20.4 Å². The van der Waals surface area contributed by atoms with E-state index in [0.29, 0.717) is 17.8 Å². The molecule has 4 rings (SSSR count). The minimum Gasteiger partial charge on any atom is -0.494 e. The molecule has 0 bridgehead atoms. The van der Waals surface area contributed by atoms with Crippen LogP contribution in [0.1, 0.15) is 12.8 Å². The van der Waals surface area contributed by atoms with Crippen LogP contribution in [0.25, 0.3) is 0 Å². The number of para-hydroxylation sites is 1. The lowest BCUT2D eigenvalue weighted by Crippen LogP contribution is -2.52. The number of piperazine rings is 1. The molecular weight excluding hydrogens is 545 g/mol. The van der Waals surface area contributed by atoms with Crippen molar-refractivity contribution in [3.05, 3.63) is 54.2 Å². The lowest BCUT2D eigenvalue weighted by atomic mass is 10.0. The van der Waals surface area contributed by atoms with Gasteiger partial charge in [0.2, 0.25) is 5.96 Å². The maximum absolute atomic E-state index is 12.7. The molecule has 2 aliphatic rings. The Hall–Kier alpha value is -2.84. The molecule has 9 nitrogen and oxygen atoms in total. The lowest BCUT2D eigenvalue weighted by Gasteiger charge is -2.42. The zero-order chi connectivity index (χ0) is 28.5. The van der Waals surface area contributed by atoms with Crippen molar-refractivity contribution >= 4 is 53.4 Å². The van der Waals surface area contributed by atoms with Crippen LogP contribution in [0.3, 0.4) is 0 Å². The summed E-state index contributed by atoms with van der Waals surface area (Å²) in [7, 11) is 1.41. The summed E-state index contributed by atoms with van der Waals surface area (Å²) in [6.45, 7) is 10.2. The number of rotatable bonds is 8. The van der Waals surface area contributed by atoms with Gasteiger partial charge in [0.05, 0.1) is 19.1 Å². The molecule has 2 fully saturated rings. The third-order valence-corrected chi connectivity index (χ3v) is 9.12. The predicted molar refractivity (Wildman–Crippen MR) is 171 cm³/mol. The summed E-state index contributed by atoms with van der Waals surface area (Å²) in [5, 5.41) is 7.14. The van der Waals surface area contributed by atoms with Gasteiger partial charge in [0.25, 0.3) is 0 Å². The molecule has 2 N–H and O–H groups in total. The second-order valence-corrected chi connectivity index (χ2v) is 14.0. The Morgan fingerprint density at radius 3 is 2.45 bits per heavy atom. The number of benzene rings is 2. The van der Waals surface area contributed by atoms with Crippen LogP contribution in [0.5, 0.6) is 5.75 Å². The molecule has 216 valence electrons. The van der Waals surface area contributed by atoms with Crippen molar-refractivity contribution in [3.8, 4) is 5.75 Å². The number of halogens is 1. The van der Waals surface area contributed by atoms with Crippen LogP contribution in [0, 0.1) is 0 Å². The van der Waals surface area contributed by atoms with E-state index in [9.17, 15) is 4.57 Å². The Morgan fingerprint density at radius 1 is 1.05 bits per heavy atom. The molecule has 0 unspecified atom stereocenters. The number of nitrogens with one attached hydrogen (secondary N) is 2. The first-order valence-electron chi connectivity index (χ1n) is 13.7. The van der Waals surface area contributed by atoms with Gasteiger partial charge >= 0.3 is 0 Å². The third-order valence-electron chi connectivity index (χ3n) is 7.46. The van der Waals surface area contributed by atoms with Crippen molar-refractivity contribution in [2.45, 2.75) is 18.9 Å². The topological polar surface area (TPSA) is 84.8 Å². The van der Waals surface area contributed by atoms with Gasteiger partial charge in [-0.15, -0.1) is 0 Å². The van der Waals surface area contributed by atoms with Gasteiger partial charge in [0.15, 0.2) is 0 Å². The number of methoxy groups -OCH3 is 1. The highest BCUT2D eigenvalue weighted by atomic mass is 35.5. The van der Waals surface area contributed by atoms with Crippen molar-refractivity contribution in [3.63, 3.8) is 0 Å². The molecule has 2 aromatic rings. The number of hydrogen-bond donors (Lipinski definition) is 2. The van der Waals surface area contributed by atoms with E-state index >= 15 is 0 Å². The summed E-state index contributed by atoms with van der Waals surface area (Å²) in [5.41, 5.74) is 3.94. The largest absolute Gasteiger partial charge is 0.494 e. The molecule has 2 aliphatic heterocycles. The molecule has 0 spiro atoms. The van der Waals surface area contributed by atoms with Gasteiger partial charge in [0.1, 0.15) is 12.9 Å². The van der Waals surface area contributed by atoms with E-state index in [4.69, 9.17) is 16.3 Å². The standard InChI is InChI=1S/C29H41ClN7O2P/c1-35-17-19-37(20-18-35)23-11-15-36(16-12-23)24-9-10-25(27(21-24)39-2)34-29(31-14-13-30)33-22-32-26-7-5-6-8-28(26)40(3,4)38/h5-10,13-14,21-23H,11-12,15-20H2,1-4H3,(H2,31,32,33,34)/b14-13+. The number of hydrogen-bond acceptors (Lipinski definition) is 6. The quantitative estimate of drug-likeness (QED) is 0.262. The van der Waals surface area contributed by atoms with Crippen molar-refractivity contribution in [2.24, 2.45) is 9.98 Å². The number of ether oxygens (including phenoxy) is 1. The number of piperidine rings is 1. The van der Waals surface area contributed by atoms with Crippen molar-refractivity contribution in [1.29, 1.82) is 0 Å². The summed E-state index contributed by atoms with van der Waals surface area (Å²) in [4.78, 5) is 16.3. The predicted octanol–water partition coefficient (Wildman–Crippen LogP) is 4.78. The monoisotopic (exact) mass is 585 g/mol. The molecule has 0 aliphatic carbocycles. The number of anilines is 3. The van der Waals surface area contributed by atoms with Crippen LogP contribution in [0.4, 0.5) is 17.1 Å². The molecule has 2 heterocycles. The molecular formula is C29H41ClN7O2P. The smallest absolute Gasteiger partial charge is 0.228 e. The van der Waals surface area contributed by atoms with Crippen molar-refractivity contribution in [1.82, 2.24) is 9.80 Å². The van der Waals surface area contributed by atoms with E-state index < -0.39 is 7.14 Å². The number of aliphatic imine (C=N–C) groups is 2. The highest BCUT2D eigenvalue weighted by Gasteiger charge is 2.27. The van der Waals surface area contributed by atoms with Gasteiger partial charge in [-0.2, -0.15) is 0 Å². The van der Waals surface area contributed by atoms with Crippen molar-refractivity contribution in [2.75, 3.05) is 82.3 Å². The summed E-state index contributed by atoms with van der Waals surface area (Å²) >= 11 is 5.73. The zero-order valence-electron chi connectivity index (χ0n) is 23.9. The van der Waals surface area contributed by atoms with Crippen LogP contribution < -0.4 is 25.6 Å². The molecule has 0 saturated carbocycles. The van der Waals surface area contributed by atoms with Gasteiger partial charge in [-0.3, -0.25) is 4.90 Å². The van der Waals surface area contributed by atoms with E-state index in [0.717, 1.165) is 48.5 Å². The van der Waals surface area contributed by atoms with E-state index in [2.05, 4.69) is 54.5 Å². The van der Waals surface area contributed by atoms with E-state index in [1.165, 1.54) is 44.0 Å². The summed E-state index contributed by atoms with van der Waals surface area (Å²) in [6, 6.07) is 14.3. The van der Waals surface area contributed by atoms with Gasteiger partial charge in [-0.1, -0.05) is 23.7 Å². The van der Waals surface area contributed by atoms with Gasteiger partial charge in [-0.05, 0) is 57.5 Å². The highest BCUT2D eigenvalue weighted by Crippen LogP contribution is 2.37. The second-order valence-electron chi connectivity index (χ2n) is 10.6. The SMILES string of the molecule is COc1cc(N2CCC(N3CCN(C)CC3)CC2)ccc1NC(=N/C=C/Cl)/N=C/Nc1ccccc1P(C)(C)=O. The normalized spacial score (nSPS) is 18.5. The Balaban J connectivity index is 1.42. The lowest BCUT2D eigenvalue weighted by molar-refractivity contribution is 0.0982. The Kier molecular flexibility index (Phi) is 10.7. The summed E-state index contributed by atoms with van der Waals surface area (Å²) < 4.78 is 18.4. The summed E-state index contributed by atoms with van der Waals surface area (Å²) in [6.07, 6.45) is 5.31. The molecule has 0 amide bonds. The van der Waals surface area contributed by atoms with Crippen LogP contribution in [-0.4, -0.2) is 94.9 Å². The third kappa shape index (κ3) is 8.10. The first-order chi connectivity index (χ1) is 19.3. The fraction of sp³-hybridized carbons (Fsp3) is 0.448. The van der Waals surface area contributed by atoms with Gasteiger partial charge in [-0.25, -0.2) is 9.98 Å². The maximum atomic E-state index is 12.7. The molecule has 2 saturated heterocycles. The molecule has 40 heavy (non-hydrogen) atoms. The average molecular weight is 586 g/mol. The minimum atomic E-state index is -2.46. The first-order valence-corrected chi connectivity index (χ1v) is 16.7. The Labute approximate surface area is 243 Å². The molecule has 0 atom stereocenters. The van der Waals surface area contributed by atoms with E-state index in [1.807, 2.05) is 30.3 Å². The molecule has 2 aromatic carbocycles. The Morgan fingerprint density at radius 2 is 1.77 bits per heavy atom. The van der Waals surface area contributed by atoms with Crippen LogP contribution >= 0.6 is 18.7 Å². The fourth-order valence-corrected chi connectivity index (χ4v) is 6.42. The number of likely N-dealkylation sites (N-methyl/N-ethyl adjacent to an activating group) is 1. The van der Waals surface area contributed by atoms with Gasteiger partial charge < -0.3 is 29.7 Å². The highest BCUT2D eigenvalue weighted by molar-refractivity contribution is 7.70. The van der Waals surface area contributed by atoms with Crippen molar-refractivity contribution < 1.29 is 9.30 Å². The maximum Gasteiger partial charge on any atom is 0.228 e. The first kappa shape index (κ1) is 30.1. The van der Waals surface area contributed by atoms with Gasteiger partial charge in [0, 0.05) is 79.8 Å². The van der Waals surface area contributed by atoms with Crippen LogP contribution in [-0.2, 0) is 4.57 Å². The number of guanidine groups is 1. The molecule has 0 radical (unpaired) electrons. The van der Waals surface area contributed by atoms with Crippen LogP contribution in [0.15, 0.2) is 64.2 Å². The average Bonchev–Trinajstić information content (AvgIpc) is 2.96.